The molecule has 0 atom stereocenters. The molecule has 0 bridgehead atoms. The van der Waals surface area contributed by atoms with Crippen LogP contribution in [0.15, 0.2) is 55.6 Å². The molecule has 0 aliphatic carbocycles. The Labute approximate surface area is 170 Å². The van der Waals surface area contributed by atoms with Crippen molar-refractivity contribution < 1.29 is 9.90 Å². The van der Waals surface area contributed by atoms with Crippen molar-refractivity contribution >= 4 is 66.8 Å². The van der Waals surface area contributed by atoms with E-state index in [1.165, 1.54) is 18.0 Å². The van der Waals surface area contributed by atoms with E-state index in [1.54, 1.807) is 12.1 Å². The van der Waals surface area contributed by atoms with Gasteiger partial charge in [0.25, 0.3) is 5.91 Å². The Balaban J connectivity index is 1.60. The van der Waals surface area contributed by atoms with E-state index in [-0.39, 0.29) is 17.4 Å². The zero-order valence-corrected chi connectivity index (χ0v) is 17.6. The molecule has 0 spiro atoms. The van der Waals surface area contributed by atoms with Gasteiger partial charge in [0.2, 0.25) is 0 Å². The van der Waals surface area contributed by atoms with Crippen LogP contribution in [0.25, 0.3) is 11.0 Å². The second kappa shape index (κ2) is 8.24. The molecule has 3 aromatic rings. The molecule has 0 unspecified atom stereocenters. The van der Waals surface area contributed by atoms with Crippen LogP contribution in [0.2, 0.25) is 0 Å². The van der Waals surface area contributed by atoms with Gasteiger partial charge in [0, 0.05) is 17.1 Å². The van der Waals surface area contributed by atoms with Crippen LogP contribution in [0.5, 0.6) is 5.75 Å². The van der Waals surface area contributed by atoms with E-state index in [4.69, 9.17) is 0 Å². The van der Waals surface area contributed by atoms with E-state index >= 15 is 0 Å². The predicted octanol–water partition coefficient (Wildman–Crippen LogP) is 4.05. The summed E-state index contributed by atoms with van der Waals surface area (Å²) >= 11 is 7.92. The summed E-state index contributed by atoms with van der Waals surface area (Å²) in [5, 5.41) is 14.6. The Morgan fingerprint density at radius 3 is 2.92 bits per heavy atom. The lowest BCUT2D eigenvalue weighted by atomic mass is 10.2. The summed E-state index contributed by atoms with van der Waals surface area (Å²) in [6.07, 6.45) is 1.39. The highest BCUT2D eigenvalue weighted by molar-refractivity contribution is 9.11. The maximum atomic E-state index is 12.0. The van der Waals surface area contributed by atoms with Crippen molar-refractivity contribution in [3.8, 4) is 5.75 Å². The standard InChI is InChI=1S/C17H14Br2N4O2S/c1-23-14-5-3-2-4-13(14)21-17(23)26-9-15(24)22-20-8-10-6-11(18)7-12(19)16(10)25/h2-8,25H,9H2,1H3,(H,22,24)/b20-8-. The molecule has 2 aromatic carbocycles. The van der Waals surface area contributed by atoms with Crippen LogP contribution in [0.4, 0.5) is 0 Å². The van der Waals surface area contributed by atoms with Gasteiger partial charge in [-0.05, 0) is 40.2 Å². The Morgan fingerprint density at radius 1 is 1.38 bits per heavy atom. The van der Waals surface area contributed by atoms with Gasteiger partial charge in [0.1, 0.15) is 5.75 Å². The van der Waals surface area contributed by atoms with Gasteiger partial charge in [-0.25, -0.2) is 10.4 Å². The molecule has 1 aromatic heterocycles. The molecule has 6 nitrogen and oxygen atoms in total. The molecule has 1 heterocycles. The van der Waals surface area contributed by atoms with Crippen molar-refractivity contribution in [2.45, 2.75) is 5.16 Å². The number of para-hydroxylation sites is 2. The van der Waals surface area contributed by atoms with E-state index in [0.29, 0.717) is 10.0 Å². The highest BCUT2D eigenvalue weighted by Crippen LogP contribution is 2.30. The smallest absolute Gasteiger partial charge is 0.250 e. The molecule has 0 saturated heterocycles. The molecule has 134 valence electrons. The second-order valence-electron chi connectivity index (χ2n) is 5.35. The fourth-order valence-electron chi connectivity index (χ4n) is 2.27. The third-order valence-corrected chi connectivity index (χ3v) is 5.62. The lowest BCUT2D eigenvalue weighted by Crippen LogP contribution is -2.19. The number of imidazole rings is 1. The molecule has 0 aliphatic rings. The van der Waals surface area contributed by atoms with Crippen molar-refractivity contribution in [1.29, 1.82) is 0 Å². The lowest BCUT2D eigenvalue weighted by Gasteiger charge is -2.03. The number of nitrogens with one attached hydrogen (secondary N) is 1. The Bertz CT molecular complexity index is 1000. The van der Waals surface area contributed by atoms with Crippen molar-refractivity contribution in [2.24, 2.45) is 12.1 Å². The lowest BCUT2D eigenvalue weighted by molar-refractivity contribution is -0.118. The number of amides is 1. The molecular formula is C17H14Br2N4O2S. The Hall–Kier alpha value is -1.84. The van der Waals surface area contributed by atoms with Gasteiger partial charge < -0.3 is 9.67 Å². The van der Waals surface area contributed by atoms with Crippen LogP contribution in [0, 0.1) is 0 Å². The van der Waals surface area contributed by atoms with Crippen LogP contribution >= 0.6 is 43.6 Å². The number of carbonyl (C=O) groups excluding carboxylic acids is 1. The number of benzene rings is 2. The SMILES string of the molecule is Cn1c(SCC(=O)N/N=C\c2cc(Br)cc(Br)c2O)nc2ccccc21. The number of nitrogens with zero attached hydrogens (tertiary/aromatic N) is 3. The number of fused-ring (bicyclic) bond motifs is 1. The average Bonchev–Trinajstić information content (AvgIpc) is 2.93. The van der Waals surface area contributed by atoms with Crippen LogP contribution in [0.1, 0.15) is 5.56 Å². The summed E-state index contributed by atoms with van der Waals surface area (Å²) in [5.74, 6) is -0.0185. The third-order valence-electron chi connectivity index (χ3n) is 3.53. The van der Waals surface area contributed by atoms with Gasteiger partial charge in [-0.15, -0.1) is 0 Å². The van der Waals surface area contributed by atoms with Gasteiger partial charge >= 0.3 is 0 Å². The monoisotopic (exact) mass is 496 g/mol. The molecular weight excluding hydrogens is 484 g/mol. The summed E-state index contributed by atoms with van der Waals surface area (Å²) < 4.78 is 3.28. The average molecular weight is 498 g/mol. The topological polar surface area (TPSA) is 79.5 Å². The van der Waals surface area contributed by atoms with Crippen molar-refractivity contribution in [3.63, 3.8) is 0 Å². The largest absolute Gasteiger partial charge is 0.506 e. The highest BCUT2D eigenvalue weighted by atomic mass is 79.9. The molecule has 0 aliphatic heterocycles. The summed E-state index contributed by atoms with van der Waals surface area (Å²) in [5.41, 5.74) is 4.85. The first kappa shape index (κ1) is 18.9. The fraction of sp³-hybridized carbons (Fsp3) is 0.118. The summed E-state index contributed by atoms with van der Waals surface area (Å²) in [4.78, 5) is 16.5. The number of aromatic hydroxyl groups is 1. The van der Waals surface area contributed by atoms with Crippen LogP contribution in [-0.4, -0.2) is 32.5 Å². The maximum absolute atomic E-state index is 12.0. The van der Waals surface area contributed by atoms with Crippen LogP contribution in [0.3, 0.4) is 0 Å². The number of phenols is 1. The van der Waals surface area contributed by atoms with E-state index in [2.05, 4.69) is 47.4 Å². The van der Waals surface area contributed by atoms with Gasteiger partial charge in [-0.3, -0.25) is 4.79 Å². The number of aromatic nitrogens is 2. The zero-order chi connectivity index (χ0) is 18.7. The quantitative estimate of drug-likeness (QED) is 0.316. The molecule has 0 saturated carbocycles. The minimum Gasteiger partial charge on any atom is -0.506 e. The number of thioether (sulfide) groups is 1. The van der Waals surface area contributed by atoms with Crippen LogP contribution < -0.4 is 5.43 Å². The Kier molecular flexibility index (Phi) is 6.00. The number of hydrogen-bond acceptors (Lipinski definition) is 5. The first-order valence-electron chi connectivity index (χ1n) is 7.50. The number of rotatable bonds is 5. The molecule has 9 heteroatoms. The predicted molar refractivity (Wildman–Crippen MR) is 111 cm³/mol. The highest BCUT2D eigenvalue weighted by Gasteiger charge is 2.10. The normalized spacial score (nSPS) is 11.3. The van der Waals surface area contributed by atoms with Gasteiger partial charge in [-0.2, -0.15) is 5.10 Å². The molecule has 26 heavy (non-hydrogen) atoms. The van der Waals surface area contributed by atoms with Gasteiger partial charge in [-0.1, -0.05) is 39.8 Å². The Morgan fingerprint density at radius 2 is 2.15 bits per heavy atom. The third kappa shape index (κ3) is 4.28. The van der Waals surface area contributed by atoms with E-state index in [9.17, 15) is 9.90 Å². The molecule has 2 N–H and O–H groups in total. The summed E-state index contributed by atoms with van der Waals surface area (Å²) in [6, 6.07) is 11.2. The van der Waals surface area contributed by atoms with Crippen LogP contribution in [-0.2, 0) is 11.8 Å². The number of phenolic OH excluding ortho intramolecular Hbond substituents is 1. The summed E-state index contributed by atoms with van der Waals surface area (Å²) in [6.45, 7) is 0. The fourth-order valence-corrected chi connectivity index (χ4v) is 4.31. The minimum absolute atomic E-state index is 0.0558. The second-order valence-corrected chi connectivity index (χ2v) is 8.06. The first-order valence-corrected chi connectivity index (χ1v) is 10.1. The van der Waals surface area contributed by atoms with Crippen molar-refractivity contribution in [1.82, 2.24) is 15.0 Å². The van der Waals surface area contributed by atoms with E-state index < -0.39 is 0 Å². The molecule has 0 fully saturated rings. The summed E-state index contributed by atoms with van der Waals surface area (Å²) in [7, 11) is 1.92. The molecule has 1 amide bonds. The molecule has 0 radical (unpaired) electrons. The van der Waals surface area contributed by atoms with E-state index in [0.717, 1.165) is 20.7 Å². The number of halogens is 2. The zero-order valence-electron chi connectivity index (χ0n) is 13.6. The van der Waals surface area contributed by atoms with Crippen molar-refractivity contribution in [2.75, 3.05) is 5.75 Å². The van der Waals surface area contributed by atoms with Crippen molar-refractivity contribution in [3.05, 3.63) is 50.9 Å². The molecule has 3 rings (SSSR count). The van der Waals surface area contributed by atoms with Gasteiger partial charge in [0.15, 0.2) is 5.16 Å². The first-order chi connectivity index (χ1) is 12.5. The van der Waals surface area contributed by atoms with E-state index in [1.807, 2.05) is 35.9 Å². The number of hydrogen-bond donors (Lipinski definition) is 2. The maximum Gasteiger partial charge on any atom is 0.250 e. The minimum atomic E-state index is -0.258. The van der Waals surface area contributed by atoms with Gasteiger partial charge in [0.05, 0.1) is 27.5 Å². The number of carbonyl (C=O) groups is 1. The number of aryl methyl sites for hydroxylation is 1. The number of hydrazone groups is 1.